The van der Waals surface area contributed by atoms with Gasteiger partial charge in [0.2, 0.25) is 0 Å². The number of hydrogen-bond acceptors (Lipinski definition) is 4. The van der Waals surface area contributed by atoms with Crippen LogP contribution in [-0.2, 0) is 26.0 Å². The average Bonchev–Trinajstić information content (AvgIpc) is 3.22. The van der Waals surface area contributed by atoms with Crippen LogP contribution in [0.15, 0.2) is 54.6 Å². The van der Waals surface area contributed by atoms with Crippen molar-refractivity contribution >= 4 is 10.9 Å². The zero-order valence-corrected chi connectivity index (χ0v) is 20.0. The zero-order valence-electron chi connectivity index (χ0n) is 20.0. The van der Waals surface area contributed by atoms with E-state index in [0.29, 0.717) is 12.6 Å². The van der Waals surface area contributed by atoms with Gasteiger partial charge in [0.05, 0.1) is 14.2 Å². The number of aryl methyl sites for hydroxylation is 1. The fourth-order valence-electron chi connectivity index (χ4n) is 5.56. The smallest absolute Gasteiger partial charge is 0.161 e. The van der Waals surface area contributed by atoms with E-state index < -0.39 is 0 Å². The summed E-state index contributed by atoms with van der Waals surface area (Å²) in [5, 5.41) is 1.27. The molecule has 6 rings (SSSR count). The molecule has 0 aliphatic carbocycles. The van der Waals surface area contributed by atoms with Crippen LogP contribution in [0.2, 0.25) is 0 Å². The van der Waals surface area contributed by atoms with Crippen LogP contribution in [0, 0.1) is 6.92 Å². The van der Waals surface area contributed by atoms with Gasteiger partial charge >= 0.3 is 0 Å². The Labute approximate surface area is 200 Å². The van der Waals surface area contributed by atoms with E-state index in [4.69, 9.17) is 14.2 Å². The lowest BCUT2D eigenvalue weighted by atomic mass is 9.85. The number of aromatic nitrogens is 1. The van der Waals surface area contributed by atoms with Crippen molar-refractivity contribution in [2.45, 2.75) is 39.0 Å². The Morgan fingerprint density at radius 3 is 2.71 bits per heavy atom. The molecule has 34 heavy (non-hydrogen) atoms. The van der Waals surface area contributed by atoms with E-state index in [1.165, 1.54) is 44.4 Å². The molecule has 1 atom stereocenters. The summed E-state index contributed by atoms with van der Waals surface area (Å²) in [6.45, 7) is 4.64. The summed E-state index contributed by atoms with van der Waals surface area (Å²) in [4.78, 5) is 6.24. The van der Waals surface area contributed by atoms with Crippen LogP contribution in [-0.4, -0.2) is 30.6 Å². The summed E-state index contributed by atoms with van der Waals surface area (Å²) >= 11 is 0. The van der Waals surface area contributed by atoms with Crippen molar-refractivity contribution in [2.24, 2.45) is 0 Å². The average molecular weight is 455 g/mol. The second-order valence-corrected chi connectivity index (χ2v) is 9.35. The van der Waals surface area contributed by atoms with E-state index in [2.05, 4.69) is 65.3 Å². The summed E-state index contributed by atoms with van der Waals surface area (Å²) in [5.41, 5.74) is 9.07. The van der Waals surface area contributed by atoms with Gasteiger partial charge in [-0.1, -0.05) is 24.3 Å². The third-order valence-corrected chi connectivity index (χ3v) is 7.50. The first-order valence-electron chi connectivity index (χ1n) is 11.9. The minimum atomic E-state index is 0.334. The van der Waals surface area contributed by atoms with Crippen LogP contribution in [0.5, 0.6) is 17.2 Å². The Morgan fingerprint density at radius 1 is 1.00 bits per heavy atom. The normalized spacial score (nSPS) is 17.1. The van der Waals surface area contributed by atoms with Crippen LogP contribution in [0.4, 0.5) is 0 Å². The molecule has 174 valence electrons. The molecule has 2 aliphatic rings. The van der Waals surface area contributed by atoms with Crippen molar-refractivity contribution in [3.63, 3.8) is 0 Å². The molecule has 0 bridgehead atoms. The molecule has 0 fully saturated rings. The van der Waals surface area contributed by atoms with E-state index in [0.717, 1.165) is 43.2 Å². The SMILES string of the molecule is COc1ccc2[nH]c3c(c2c1)CC1c2cc(OC)c(OCc4ccccc4C)cc2CCN1C3. The van der Waals surface area contributed by atoms with Gasteiger partial charge < -0.3 is 19.2 Å². The van der Waals surface area contributed by atoms with Gasteiger partial charge in [-0.2, -0.15) is 0 Å². The molecule has 3 aromatic carbocycles. The summed E-state index contributed by atoms with van der Waals surface area (Å²) in [7, 11) is 3.46. The van der Waals surface area contributed by atoms with Gasteiger partial charge in [0, 0.05) is 35.7 Å². The maximum Gasteiger partial charge on any atom is 0.161 e. The predicted molar refractivity (Wildman–Crippen MR) is 134 cm³/mol. The van der Waals surface area contributed by atoms with Gasteiger partial charge in [0.25, 0.3) is 0 Å². The second kappa shape index (κ2) is 8.41. The number of hydrogen-bond donors (Lipinski definition) is 1. The fourth-order valence-corrected chi connectivity index (χ4v) is 5.56. The minimum Gasteiger partial charge on any atom is -0.497 e. The predicted octanol–water partition coefficient (Wildman–Crippen LogP) is 5.73. The van der Waals surface area contributed by atoms with E-state index in [1.54, 1.807) is 14.2 Å². The molecule has 5 heteroatoms. The highest BCUT2D eigenvalue weighted by atomic mass is 16.5. The van der Waals surface area contributed by atoms with E-state index >= 15 is 0 Å². The maximum absolute atomic E-state index is 6.27. The molecule has 5 nitrogen and oxygen atoms in total. The van der Waals surface area contributed by atoms with Gasteiger partial charge in [-0.3, -0.25) is 4.90 Å². The fraction of sp³-hybridized carbons (Fsp3) is 0.310. The third-order valence-electron chi connectivity index (χ3n) is 7.50. The topological polar surface area (TPSA) is 46.7 Å². The van der Waals surface area contributed by atoms with Crippen molar-refractivity contribution in [3.8, 4) is 17.2 Å². The molecule has 0 amide bonds. The van der Waals surface area contributed by atoms with E-state index in [1.807, 2.05) is 6.07 Å². The first-order chi connectivity index (χ1) is 16.6. The molecule has 1 aromatic heterocycles. The van der Waals surface area contributed by atoms with Crippen LogP contribution in [0.1, 0.15) is 39.6 Å². The molecule has 1 unspecified atom stereocenters. The van der Waals surface area contributed by atoms with Crippen molar-refractivity contribution in [2.75, 3.05) is 20.8 Å². The van der Waals surface area contributed by atoms with Crippen LogP contribution >= 0.6 is 0 Å². The quantitative estimate of drug-likeness (QED) is 0.418. The Morgan fingerprint density at radius 2 is 1.88 bits per heavy atom. The van der Waals surface area contributed by atoms with Gasteiger partial charge in [0.1, 0.15) is 12.4 Å². The number of benzene rings is 3. The minimum absolute atomic E-state index is 0.334. The highest BCUT2D eigenvalue weighted by Gasteiger charge is 2.34. The summed E-state index contributed by atoms with van der Waals surface area (Å²) < 4.78 is 17.6. The van der Waals surface area contributed by atoms with Crippen LogP contribution < -0.4 is 14.2 Å². The lowest BCUT2D eigenvalue weighted by Crippen LogP contribution is -2.39. The molecule has 0 saturated heterocycles. The van der Waals surface area contributed by atoms with Crippen LogP contribution in [0.25, 0.3) is 10.9 Å². The standard InChI is InChI=1S/C29H30N2O3/c1-18-6-4-5-7-20(18)17-34-29-12-19-10-11-31-16-26-24(14-27(31)22(19)15-28(29)33-3)23-13-21(32-2)8-9-25(23)30-26/h4-9,12-13,15,27,30H,10-11,14,16-17H2,1-3H3. The summed E-state index contributed by atoms with van der Waals surface area (Å²) in [6.07, 6.45) is 1.99. The lowest BCUT2D eigenvalue weighted by molar-refractivity contribution is 0.158. The molecule has 0 radical (unpaired) electrons. The van der Waals surface area contributed by atoms with Crippen molar-refractivity contribution in [1.82, 2.24) is 9.88 Å². The van der Waals surface area contributed by atoms with Gasteiger partial charge in [-0.15, -0.1) is 0 Å². The number of nitrogens with zero attached hydrogens (tertiary/aromatic N) is 1. The van der Waals surface area contributed by atoms with E-state index in [-0.39, 0.29) is 0 Å². The highest BCUT2D eigenvalue weighted by Crippen LogP contribution is 2.44. The Balaban J connectivity index is 1.33. The number of ether oxygens (including phenoxy) is 3. The monoisotopic (exact) mass is 454 g/mol. The molecule has 0 spiro atoms. The van der Waals surface area contributed by atoms with Crippen LogP contribution in [0.3, 0.4) is 0 Å². The second-order valence-electron chi connectivity index (χ2n) is 9.35. The number of H-pyrrole nitrogens is 1. The van der Waals surface area contributed by atoms with Crippen molar-refractivity contribution < 1.29 is 14.2 Å². The Kier molecular flexibility index (Phi) is 5.22. The van der Waals surface area contributed by atoms with Gasteiger partial charge in [-0.05, 0) is 77.9 Å². The number of nitrogens with one attached hydrogen (secondary N) is 1. The van der Waals surface area contributed by atoms with Gasteiger partial charge in [0.15, 0.2) is 11.5 Å². The number of fused-ring (bicyclic) bond motifs is 6. The molecule has 4 aromatic rings. The number of rotatable bonds is 5. The summed E-state index contributed by atoms with van der Waals surface area (Å²) in [5.74, 6) is 2.53. The maximum atomic E-state index is 6.27. The number of aromatic amines is 1. The summed E-state index contributed by atoms with van der Waals surface area (Å²) in [6, 6.07) is 19.4. The molecular weight excluding hydrogens is 424 g/mol. The Hall–Kier alpha value is -3.44. The molecular formula is C29H30N2O3. The highest BCUT2D eigenvalue weighted by molar-refractivity contribution is 5.86. The third kappa shape index (κ3) is 3.51. The van der Waals surface area contributed by atoms with Crippen molar-refractivity contribution in [1.29, 1.82) is 0 Å². The van der Waals surface area contributed by atoms with Gasteiger partial charge in [-0.25, -0.2) is 0 Å². The first-order valence-corrected chi connectivity index (χ1v) is 11.9. The zero-order chi connectivity index (χ0) is 23.2. The molecule has 2 aliphatic heterocycles. The largest absolute Gasteiger partial charge is 0.497 e. The lowest BCUT2D eigenvalue weighted by Gasteiger charge is -2.40. The van der Waals surface area contributed by atoms with E-state index in [9.17, 15) is 0 Å². The Bertz CT molecular complexity index is 1370. The first kappa shape index (κ1) is 21.1. The molecule has 1 N–H and O–H groups in total. The van der Waals surface area contributed by atoms with Crippen molar-refractivity contribution in [3.05, 3.63) is 88.1 Å². The number of methoxy groups -OCH3 is 2. The molecule has 3 heterocycles. The molecule has 0 saturated carbocycles.